The highest BCUT2D eigenvalue weighted by atomic mass is 15.0. The molecule has 0 fully saturated rings. The first-order valence-electron chi connectivity index (χ1n) is 9.02. The first-order valence-corrected chi connectivity index (χ1v) is 9.02. The minimum atomic E-state index is 1.11. The van der Waals surface area contributed by atoms with E-state index in [9.17, 15) is 0 Å². The lowest BCUT2D eigenvalue weighted by Gasteiger charge is -2.11. The Balaban J connectivity index is 2.18. The molecule has 0 N–H and O–H groups in total. The summed E-state index contributed by atoms with van der Waals surface area (Å²) in [6.45, 7) is 4.20. The highest BCUT2D eigenvalue weighted by Crippen LogP contribution is 2.31. The van der Waals surface area contributed by atoms with Gasteiger partial charge in [0, 0.05) is 16.8 Å². The average molecular weight is 325 g/mol. The van der Waals surface area contributed by atoms with E-state index in [-0.39, 0.29) is 0 Å². The van der Waals surface area contributed by atoms with E-state index in [1.807, 2.05) is 0 Å². The minimum Gasteiger partial charge on any atom is -0.310 e. The van der Waals surface area contributed by atoms with Crippen LogP contribution in [0, 0.1) is 0 Å². The first-order chi connectivity index (χ1) is 12.3. The monoisotopic (exact) mass is 325 g/mol. The SMILES string of the molecule is C\C=C/C=c1/ccc2c(c3c(n2-c2ccccc2)C=CCC3)/c1=C/C. The lowest BCUT2D eigenvalue weighted by Crippen LogP contribution is -2.25. The Kier molecular flexibility index (Phi) is 4.15. The van der Waals surface area contributed by atoms with Crippen molar-refractivity contribution in [1.82, 2.24) is 4.57 Å². The van der Waals surface area contributed by atoms with Gasteiger partial charge >= 0.3 is 0 Å². The molecule has 1 heteroatoms. The summed E-state index contributed by atoms with van der Waals surface area (Å²) in [5.41, 5.74) is 5.34. The minimum absolute atomic E-state index is 1.11. The summed E-state index contributed by atoms with van der Waals surface area (Å²) in [4.78, 5) is 0. The number of allylic oxidation sites excluding steroid dienone is 3. The van der Waals surface area contributed by atoms with Crippen LogP contribution < -0.4 is 10.4 Å². The van der Waals surface area contributed by atoms with Gasteiger partial charge in [-0.05, 0) is 67.0 Å². The quantitative estimate of drug-likeness (QED) is 0.641. The van der Waals surface area contributed by atoms with Gasteiger partial charge in [-0.1, -0.05) is 54.6 Å². The molecule has 0 saturated heterocycles. The molecule has 0 aliphatic heterocycles. The molecule has 0 radical (unpaired) electrons. The van der Waals surface area contributed by atoms with Crippen LogP contribution in [-0.4, -0.2) is 4.57 Å². The summed E-state index contributed by atoms with van der Waals surface area (Å²) in [5.74, 6) is 0. The lowest BCUT2D eigenvalue weighted by molar-refractivity contribution is 0.967. The van der Waals surface area contributed by atoms with Crippen LogP contribution in [-0.2, 0) is 6.42 Å². The van der Waals surface area contributed by atoms with Crippen LogP contribution in [0.3, 0.4) is 0 Å². The molecule has 4 rings (SSSR count). The molecule has 0 atom stereocenters. The summed E-state index contributed by atoms with van der Waals surface area (Å²) in [7, 11) is 0. The molecule has 1 aromatic heterocycles. The molecular formula is C24H23N. The second-order valence-corrected chi connectivity index (χ2v) is 6.42. The van der Waals surface area contributed by atoms with Gasteiger partial charge < -0.3 is 4.57 Å². The van der Waals surface area contributed by atoms with Crippen LogP contribution in [0.25, 0.3) is 34.8 Å². The van der Waals surface area contributed by atoms with Crippen LogP contribution >= 0.6 is 0 Å². The van der Waals surface area contributed by atoms with Gasteiger partial charge in [0.2, 0.25) is 0 Å². The van der Waals surface area contributed by atoms with E-state index >= 15 is 0 Å². The summed E-state index contributed by atoms with van der Waals surface area (Å²) < 4.78 is 2.41. The maximum absolute atomic E-state index is 2.41. The number of benzene rings is 2. The van der Waals surface area contributed by atoms with Gasteiger partial charge in [-0.3, -0.25) is 0 Å². The van der Waals surface area contributed by atoms with Crippen molar-refractivity contribution in [2.45, 2.75) is 26.7 Å². The zero-order valence-electron chi connectivity index (χ0n) is 14.9. The number of nitrogens with zero attached hydrogens (tertiary/aromatic N) is 1. The van der Waals surface area contributed by atoms with Crippen molar-refractivity contribution >= 4 is 29.1 Å². The van der Waals surface area contributed by atoms with Crippen LogP contribution in [0.15, 0.2) is 60.7 Å². The summed E-state index contributed by atoms with van der Waals surface area (Å²) >= 11 is 0. The second kappa shape index (κ2) is 6.60. The molecule has 0 amide bonds. The third-order valence-corrected chi connectivity index (χ3v) is 4.96. The third-order valence-electron chi connectivity index (χ3n) is 4.96. The van der Waals surface area contributed by atoms with E-state index in [1.165, 1.54) is 38.3 Å². The van der Waals surface area contributed by atoms with Crippen molar-refractivity contribution in [1.29, 1.82) is 0 Å². The maximum Gasteiger partial charge on any atom is 0.0544 e. The van der Waals surface area contributed by atoms with Crippen molar-refractivity contribution in [2.24, 2.45) is 0 Å². The van der Waals surface area contributed by atoms with Gasteiger partial charge in [0.05, 0.1) is 5.52 Å². The number of hydrogen-bond acceptors (Lipinski definition) is 0. The van der Waals surface area contributed by atoms with Crippen LogP contribution in [0.1, 0.15) is 31.5 Å². The van der Waals surface area contributed by atoms with Crippen molar-refractivity contribution in [3.63, 3.8) is 0 Å². The van der Waals surface area contributed by atoms with Crippen molar-refractivity contribution in [3.05, 3.63) is 82.4 Å². The Bertz CT molecular complexity index is 1090. The Morgan fingerprint density at radius 2 is 1.84 bits per heavy atom. The molecule has 0 spiro atoms. The predicted molar refractivity (Wildman–Crippen MR) is 109 cm³/mol. The Labute approximate surface area is 148 Å². The van der Waals surface area contributed by atoms with Gasteiger partial charge in [0.25, 0.3) is 0 Å². The fourth-order valence-corrected chi connectivity index (χ4v) is 3.88. The number of rotatable bonds is 2. The Morgan fingerprint density at radius 1 is 1.00 bits per heavy atom. The van der Waals surface area contributed by atoms with Gasteiger partial charge in [-0.2, -0.15) is 0 Å². The van der Waals surface area contributed by atoms with Crippen LogP contribution in [0.4, 0.5) is 0 Å². The zero-order valence-corrected chi connectivity index (χ0v) is 14.9. The highest BCUT2D eigenvalue weighted by molar-refractivity contribution is 5.91. The fourth-order valence-electron chi connectivity index (χ4n) is 3.88. The molecule has 124 valence electrons. The van der Waals surface area contributed by atoms with Gasteiger partial charge in [0.15, 0.2) is 0 Å². The van der Waals surface area contributed by atoms with Crippen LogP contribution in [0.2, 0.25) is 0 Å². The standard InChI is InChI=1S/C24H23N/c1-3-5-11-18-16-17-23-24(20(18)4-2)21-14-9-10-15-22(21)25(23)19-12-7-6-8-13-19/h3-8,10-13,15-17H,9,14H2,1-2H3/b5-3-,18-11-,20-4+. The summed E-state index contributed by atoms with van der Waals surface area (Å²) in [5, 5.41) is 4.04. The van der Waals surface area contributed by atoms with E-state index in [4.69, 9.17) is 0 Å². The lowest BCUT2D eigenvalue weighted by atomic mass is 9.99. The van der Waals surface area contributed by atoms with Crippen molar-refractivity contribution in [2.75, 3.05) is 0 Å². The predicted octanol–water partition coefficient (Wildman–Crippen LogP) is 4.75. The first kappa shape index (κ1) is 15.7. The normalized spacial score (nSPS) is 15.4. The Hall–Kier alpha value is -2.80. The average Bonchev–Trinajstić information content (AvgIpc) is 3.01. The fraction of sp³-hybridized carbons (Fsp3) is 0.167. The largest absolute Gasteiger partial charge is 0.310 e. The number of fused-ring (bicyclic) bond motifs is 3. The van der Waals surface area contributed by atoms with E-state index in [2.05, 4.69) is 97.3 Å². The number of aromatic nitrogens is 1. The summed E-state index contributed by atoms with van der Waals surface area (Å²) in [6, 6.07) is 15.2. The molecular weight excluding hydrogens is 302 g/mol. The zero-order chi connectivity index (χ0) is 17.2. The van der Waals surface area contributed by atoms with E-state index in [0.29, 0.717) is 0 Å². The molecule has 1 aliphatic carbocycles. The molecule has 0 saturated carbocycles. The molecule has 3 aromatic rings. The number of para-hydroxylation sites is 1. The highest BCUT2D eigenvalue weighted by Gasteiger charge is 2.19. The summed E-state index contributed by atoms with van der Waals surface area (Å²) in [6.07, 6.45) is 15.5. The van der Waals surface area contributed by atoms with Crippen molar-refractivity contribution < 1.29 is 0 Å². The van der Waals surface area contributed by atoms with E-state index in [1.54, 1.807) is 0 Å². The molecule has 1 aliphatic rings. The third kappa shape index (κ3) is 2.56. The molecule has 25 heavy (non-hydrogen) atoms. The molecule has 0 unspecified atom stereocenters. The molecule has 2 aromatic carbocycles. The van der Waals surface area contributed by atoms with Crippen LogP contribution in [0.5, 0.6) is 0 Å². The Morgan fingerprint density at radius 3 is 2.60 bits per heavy atom. The molecule has 1 heterocycles. The topological polar surface area (TPSA) is 4.93 Å². The number of hydrogen-bond donors (Lipinski definition) is 0. The smallest absolute Gasteiger partial charge is 0.0544 e. The van der Waals surface area contributed by atoms with Gasteiger partial charge in [-0.15, -0.1) is 0 Å². The van der Waals surface area contributed by atoms with Crippen molar-refractivity contribution in [3.8, 4) is 5.69 Å². The van der Waals surface area contributed by atoms with E-state index < -0.39 is 0 Å². The van der Waals surface area contributed by atoms with Gasteiger partial charge in [0.1, 0.15) is 0 Å². The van der Waals surface area contributed by atoms with E-state index in [0.717, 1.165) is 12.8 Å². The maximum atomic E-state index is 2.41. The molecule has 1 nitrogen and oxygen atoms in total. The van der Waals surface area contributed by atoms with Gasteiger partial charge in [-0.25, -0.2) is 0 Å². The number of aryl methyl sites for hydroxylation is 1. The second-order valence-electron chi connectivity index (χ2n) is 6.42. The molecule has 0 bridgehead atoms.